The number of hydrogen-bond donors (Lipinski definition) is 0. The Balaban J connectivity index is 1.83. The van der Waals surface area contributed by atoms with Gasteiger partial charge in [-0.05, 0) is 49.6 Å². The van der Waals surface area contributed by atoms with Crippen LogP contribution < -0.4 is 0 Å². The molecule has 0 unspecified atom stereocenters. The summed E-state index contributed by atoms with van der Waals surface area (Å²) in [4.78, 5) is 4.94. The molecule has 0 amide bonds. The van der Waals surface area contributed by atoms with Crippen LogP contribution in [-0.2, 0) is 6.42 Å². The van der Waals surface area contributed by atoms with Gasteiger partial charge in [0, 0.05) is 10.0 Å². The molecule has 0 fully saturated rings. The number of para-hydroxylation sites is 1. The van der Waals surface area contributed by atoms with Crippen LogP contribution in [0.15, 0.2) is 64.1 Å². The lowest BCUT2D eigenvalue weighted by Gasteiger charge is -2.14. The van der Waals surface area contributed by atoms with Crippen molar-refractivity contribution in [3.8, 4) is 5.69 Å². The first-order chi connectivity index (χ1) is 11.2. The average molecular weight is 366 g/mol. The fourth-order valence-electron chi connectivity index (χ4n) is 2.98. The van der Waals surface area contributed by atoms with Crippen LogP contribution in [0, 0.1) is 6.92 Å². The molecule has 0 atom stereocenters. The predicted molar refractivity (Wildman–Crippen MR) is 97.0 cm³/mol. The van der Waals surface area contributed by atoms with Crippen LogP contribution in [0.3, 0.4) is 0 Å². The van der Waals surface area contributed by atoms with Gasteiger partial charge in [0.25, 0.3) is 0 Å². The second-order valence-electron chi connectivity index (χ2n) is 5.70. The quantitative estimate of drug-likeness (QED) is 0.627. The van der Waals surface area contributed by atoms with Gasteiger partial charge in [-0.25, -0.2) is 9.67 Å². The van der Waals surface area contributed by atoms with E-state index in [4.69, 9.17) is 10.1 Å². The maximum Gasteiger partial charge on any atom is 0.159 e. The molecule has 114 valence electrons. The van der Waals surface area contributed by atoms with Crippen molar-refractivity contribution in [2.24, 2.45) is 4.99 Å². The minimum Gasteiger partial charge on any atom is -0.233 e. The van der Waals surface area contributed by atoms with Gasteiger partial charge in [-0.15, -0.1) is 0 Å². The van der Waals surface area contributed by atoms with Gasteiger partial charge in [0.1, 0.15) is 0 Å². The number of nitrogens with zero attached hydrogens (tertiary/aromatic N) is 3. The van der Waals surface area contributed by atoms with E-state index in [1.54, 1.807) is 0 Å². The Hall–Kier alpha value is -2.20. The zero-order chi connectivity index (χ0) is 15.8. The molecular weight excluding hydrogens is 350 g/mol. The molecule has 3 aromatic rings. The van der Waals surface area contributed by atoms with Crippen LogP contribution in [0.5, 0.6) is 0 Å². The predicted octanol–water partition coefficient (Wildman–Crippen LogP) is 5.01. The fraction of sp³-hybridized carbons (Fsp3) is 0.158. The number of aryl methyl sites for hydroxylation is 1. The average Bonchev–Trinajstić information content (AvgIpc) is 2.93. The van der Waals surface area contributed by atoms with Crippen LogP contribution in [0.4, 0.5) is 5.82 Å². The molecule has 0 bridgehead atoms. The molecule has 2 heterocycles. The topological polar surface area (TPSA) is 30.2 Å². The molecule has 23 heavy (non-hydrogen) atoms. The number of rotatable bonds is 2. The van der Waals surface area contributed by atoms with E-state index < -0.39 is 0 Å². The Bertz CT molecular complexity index is 877. The maximum atomic E-state index is 4.94. The van der Waals surface area contributed by atoms with Crippen LogP contribution in [0.2, 0.25) is 0 Å². The second kappa shape index (κ2) is 5.78. The van der Waals surface area contributed by atoms with Gasteiger partial charge in [-0.2, -0.15) is 5.10 Å². The fourth-order valence-corrected chi connectivity index (χ4v) is 3.25. The van der Waals surface area contributed by atoms with Gasteiger partial charge in [-0.3, -0.25) is 0 Å². The number of aromatic nitrogens is 2. The highest BCUT2D eigenvalue weighted by atomic mass is 79.9. The minimum atomic E-state index is 0.954. The smallest absolute Gasteiger partial charge is 0.159 e. The van der Waals surface area contributed by atoms with Gasteiger partial charge in [-0.1, -0.05) is 46.3 Å². The normalized spacial score (nSPS) is 13.6. The molecule has 2 aromatic carbocycles. The highest BCUT2D eigenvalue weighted by Gasteiger charge is 2.21. The molecule has 0 saturated carbocycles. The van der Waals surface area contributed by atoms with E-state index in [0.29, 0.717) is 0 Å². The molecule has 0 N–H and O–H groups in total. The standard InChI is InChI=1S/C19H16BrN3/c1-13-17-11-12-18(14-7-9-15(20)10-8-14)21-19(17)23(22-13)16-5-3-2-4-6-16/h2-10H,11-12H2,1H3. The molecule has 0 spiro atoms. The van der Waals surface area contributed by atoms with Crippen molar-refractivity contribution in [2.45, 2.75) is 19.8 Å². The van der Waals surface area contributed by atoms with E-state index in [2.05, 4.69) is 59.3 Å². The van der Waals surface area contributed by atoms with Crippen LogP contribution in [0.1, 0.15) is 23.2 Å². The van der Waals surface area contributed by atoms with Crippen molar-refractivity contribution in [1.29, 1.82) is 0 Å². The number of halogens is 1. The van der Waals surface area contributed by atoms with Crippen LogP contribution in [-0.4, -0.2) is 15.5 Å². The molecule has 0 saturated heterocycles. The van der Waals surface area contributed by atoms with Crippen molar-refractivity contribution >= 4 is 27.5 Å². The zero-order valence-electron chi connectivity index (χ0n) is 12.8. The van der Waals surface area contributed by atoms with Crippen molar-refractivity contribution in [3.05, 3.63) is 75.9 Å². The number of benzene rings is 2. The van der Waals surface area contributed by atoms with Crippen LogP contribution in [0.25, 0.3) is 5.69 Å². The summed E-state index contributed by atoms with van der Waals surface area (Å²) in [6, 6.07) is 18.6. The molecule has 3 nitrogen and oxygen atoms in total. The summed E-state index contributed by atoms with van der Waals surface area (Å²) in [5.74, 6) is 0.970. The van der Waals surface area contributed by atoms with Gasteiger partial charge < -0.3 is 0 Å². The van der Waals surface area contributed by atoms with Gasteiger partial charge in [0.05, 0.1) is 17.1 Å². The van der Waals surface area contributed by atoms with Crippen molar-refractivity contribution in [3.63, 3.8) is 0 Å². The summed E-state index contributed by atoms with van der Waals surface area (Å²) in [5, 5.41) is 4.71. The molecule has 4 rings (SSSR count). The highest BCUT2D eigenvalue weighted by Crippen LogP contribution is 2.32. The highest BCUT2D eigenvalue weighted by molar-refractivity contribution is 9.10. The number of hydrogen-bond acceptors (Lipinski definition) is 2. The van der Waals surface area contributed by atoms with E-state index in [-0.39, 0.29) is 0 Å². The summed E-state index contributed by atoms with van der Waals surface area (Å²) >= 11 is 3.49. The molecule has 1 aliphatic heterocycles. The second-order valence-corrected chi connectivity index (χ2v) is 6.62. The maximum absolute atomic E-state index is 4.94. The summed E-state index contributed by atoms with van der Waals surface area (Å²) in [5.41, 5.74) is 5.69. The molecule has 1 aromatic heterocycles. The van der Waals surface area contributed by atoms with E-state index in [9.17, 15) is 0 Å². The summed E-state index contributed by atoms with van der Waals surface area (Å²) < 4.78 is 3.05. The Morgan fingerprint density at radius 3 is 2.43 bits per heavy atom. The Morgan fingerprint density at radius 1 is 0.957 bits per heavy atom. The summed E-state index contributed by atoms with van der Waals surface area (Å²) in [7, 11) is 0. The third kappa shape index (κ3) is 2.63. The van der Waals surface area contributed by atoms with Crippen molar-refractivity contribution in [1.82, 2.24) is 9.78 Å². The number of fused-ring (bicyclic) bond motifs is 1. The molecule has 1 aliphatic rings. The lowest BCUT2D eigenvalue weighted by molar-refractivity contribution is 0.861. The van der Waals surface area contributed by atoms with E-state index in [0.717, 1.165) is 40.2 Å². The molecule has 4 heteroatoms. The lowest BCUT2D eigenvalue weighted by atomic mass is 9.99. The van der Waals surface area contributed by atoms with Gasteiger partial charge >= 0.3 is 0 Å². The van der Waals surface area contributed by atoms with Crippen molar-refractivity contribution in [2.75, 3.05) is 0 Å². The summed E-state index contributed by atoms with van der Waals surface area (Å²) in [6.45, 7) is 2.07. The van der Waals surface area contributed by atoms with E-state index in [1.165, 1.54) is 11.1 Å². The van der Waals surface area contributed by atoms with Crippen LogP contribution >= 0.6 is 15.9 Å². The molecular formula is C19H16BrN3. The van der Waals surface area contributed by atoms with Crippen molar-refractivity contribution < 1.29 is 0 Å². The third-order valence-electron chi connectivity index (χ3n) is 4.19. The lowest BCUT2D eigenvalue weighted by Crippen LogP contribution is -2.08. The largest absolute Gasteiger partial charge is 0.233 e. The summed E-state index contributed by atoms with van der Waals surface area (Å²) in [6.07, 6.45) is 1.94. The van der Waals surface area contributed by atoms with E-state index in [1.807, 2.05) is 22.9 Å². The first-order valence-corrected chi connectivity index (χ1v) is 8.49. The Labute approximate surface area is 143 Å². The zero-order valence-corrected chi connectivity index (χ0v) is 14.4. The molecule has 0 aliphatic carbocycles. The monoisotopic (exact) mass is 365 g/mol. The Kier molecular flexibility index (Phi) is 3.62. The van der Waals surface area contributed by atoms with E-state index >= 15 is 0 Å². The third-order valence-corrected chi connectivity index (χ3v) is 4.72. The van der Waals surface area contributed by atoms with Gasteiger partial charge in [0.2, 0.25) is 0 Å². The SMILES string of the molecule is Cc1nn(-c2ccccc2)c2c1CCC(c1ccc(Br)cc1)=N2. The Morgan fingerprint density at radius 2 is 1.70 bits per heavy atom. The minimum absolute atomic E-state index is 0.954. The van der Waals surface area contributed by atoms with Gasteiger partial charge in [0.15, 0.2) is 5.82 Å². The molecule has 0 radical (unpaired) electrons. The first kappa shape index (κ1) is 14.4. The number of aliphatic imine (C=N–C) groups is 1. The first-order valence-electron chi connectivity index (χ1n) is 7.70.